The molecule has 0 bridgehead atoms. The summed E-state index contributed by atoms with van der Waals surface area (Å²) in [5.74, 6) is -0.511. The molecule has 0 spiro atoms. The van der Waals surface area contributed by atoms with Gasteiger partial charge in [0.05, 0.1) is 11.4 Å². The van der Waals surface area contributed by atoms with Crippen LogP contribution in [0.4, 0.5) is 5.69 Å². The van der Waals surface area contributed by atoms with Crippen LogP contribution < -0.4 is 4.90 Å². The van der Waals surface area contributed by atoms with E-state index in [0.717, 1.165) is 11.3 Å². The zero-order valence-corrected chi connectivity index (χ0v) is 11.2. The molecule has 1 aliphatic heterocycles. The zero-order chi connectivity index (χ0) is 14.3. The van der Waals surface area contributed by atoms with E-state index in [-0.39, 0.29) is 11.8 Å². The van der Waals surface area contributed by atoms with Crippen molar-refractivity contribution in [1.29, 1.82) is 0 Å². The number of rotatable bonds is 2. The number of carbonyl (C=O) groups excluding carboxylic acids is 2. The molecular weight excluding hydrogens is 254 g/mol. The van der Waals surface area contributed by atoms with Gasteiger partial charge in [0.25, 0.3) is 11.8 Å². The molecule has 1 aromatic heterocycles. The Morgan fingerprint density at radius 1 is 1.05 bits per heavy atom. The number of imide groups is 1. The van der Waals surface area contributed by atoms with Crippen LogP contribution in [0, 0.1) is 0 Å². The number of aromatic nitrogens is 2. The molecule has 0 unspecified atom stereocenters. The van der Waals surface area contributed by atoms with Gasteiger partial charge in [0.1, 0.15) is 0 Å². The van der Waals surface area contributed by atoms with Crippen molar-refractivity contribution in [3.05, 3.63) is 47.7 Å². The van der Waals surface area contributed by atoms with E-state index in [0.29, 0.717) is 16.8 Å². The summed E-state index contributed by atoms with van der Waals surface area (Å²) < 4.78 is 0. The highest BCUT2D eigenvalue weighted by Crippen LogP contribution is 2.29. The Balaban J connectivity index is 2.03. The van der Waals surface area contributed by atoms with Crippen molar-refractivity contribution in [3.8, 4) is 11.3 Å². The van der Waals surface area contributed by atoms with E-state index < -0.39 is 0 Å². The highest BCUT2D eigenvalue weighted by molar-refractivity contribution is 6.32. The maximum atomic E-state index is 12.2. The summed E-state index contributed by atoms with van der Waals surface area (Å²) in [7, 11) is 0. The molecule has 5 heteroatoms. The van der Waals surface area contributed by atoms with Crippen LogP contribution in [0.5, 0.6) is 0 Å². The van der Waals surface area contributed by atoms with Crippen LogP contribution in [0.25, 0.3) is 11.3 Å². The summed E-state index contributed by atoms with van der Waals surface area (Å²) in [6.45, 7) is 3.35. The van der Waals surface area contributed by atoms with Crippen LogP contribution in [0.1, 0.15) is 13.8 Å². The molecule has 0 atom stereocenters. The first-order chi connectivity index (χ1) is 9.59. The van der Waals surface area contributed by atoms with Gasteiger partial charge in [0, 0.05) is 22.9 Å². The highest BCUT2D eigenvalue weighted by atomic mass is 16.2. The lowest BCUT2D eigenvalue weighted by Crippen LogP contribution is -2.31. The van der Waals surface area contributed by atoms with Gasteiger partial charge in [-0.3, -0.25) is 14.7 Å². The van der Waals surface area contributed by atoms with Gasteiger partial charge in [-0.1, -0.05) is 12.1 Å². The summed E-state index contributed by atoms with van der Waals surface area (Å²) in [6.07, 6.45) is 1.66. The smallest absolute Gasteiger partial charge is 0.261 e. The van der Waals surface area contributed by atoms with Gasteiger partial charge in [0.2, 0.25) is 0 Å². The lowest BCUT2D eigenvalue weighted by Gasteiger charge is -2.15. The van der Waals surface area contributed by atoms with Crippen molar-refractivity contribution in [1.82, 2.24) is 10.2 Å². The topological polar surface area (TPSA) is 66.1 Å². The predicted octanol–water partition coefficient (Wildman–Crippen LogP) is 2.29. The van der Waals surface area contributed by atoms with Crippen molar-refractivity contribution >= 4 is 17.5 Å². The average Bonchev–Trinajstić information content (AvgIpc) is 3.05. The Bertz CT molecular complexity index is 705. The molecule has 2 amide bonds. The Labute approximate surface area is 115 Å². The van der Waals surface area contributed by atoms with Crippen LogP contribution in [0.2, 0.25) is 0 Å². The third-order valence-corrected chi connectivity index (χ3v) is 3.53. The SMILES string of the molecule is CC1=C(C)C(=O)N(c2cccc(-c3ccn[nH]3)c2)C1=O. The zero-order valence-electron chi connectivity index (χ0n) is 11.2. The van der Waals surface area contributed by atoms with E-state index >= 15 is 0 Å². The lowest BCUT2D eigenvalue weighted by atomic mass is 10.1. The molecule has 100 valence electrons. The molecule has 0 saturated heterocycles. The number of nitrogens with zero attached hydrogens (tertiary/aromatic N) is 2. The van der Waals surface area contributed by atoms with Crippen molar-refractivity contribution in [3.63, 3.8) is 0 Å². The van der Waals surface area contributed by atoms with Crippen molar-refractivity contribution < 1.29 is 9.59 Å². The quantitative estimate of drug-likeness (QED) is 0.849. The van der Waals surface area contributed by atoms with E-state index in [9.17, 15) is 9.59 Å². The van der Waals surface area contributed by atoms with Crippen LogP contribution in [-0.2, 0) is 9.59 Å². The Morgan fingerprint density at radius 3 is 2.35 bits per heavy atom. The highest BCUT2D eigenvalue weighted by Gasteiger charge is 2.34. The first-order valence-electron chi connectivity index (χ1n) is 6.25. The van der Waals surface area contributed by atoms with Gasteiger partial charge >= 0.3 is 0 Å². The molecule has 0 radical (unpaired) electrons. The fraction of sp³-hybridized carbons (Fsp3) is 0.133. The molecule has 2 heterocycles. The second-order valence-corrected chi connectivity index (χ2v) is 4.72. The monoisotopic (exact) mass is 267 g/mol. The second kappa shape index (κ2) is 4.45. The lowest BCUT2D eigenvalue weighted by molar-refractivity contribution is -0.120. The molecule has 5 nitrogen and oxygen atoms in total. The van der Waals surface area contributed by atoms with Gasteiger partial charge in [-0.05, 0) is 32.0 Å². The van der Waals surface area contributed by atoms with E-state index in [1.165, 1.54) is 4.90 Å². The third-order valence-electron chi connectivity index (χ3n) is 3.53. The van der Waals surface area contributed by atoms with E-state index in [1.807, 2.05) is 18.2 Å². The number of aromatic amines is 1. The molecule has 0 aliphatic carbocycles. The van der Waals surface area contributed by atoms with Crippen molar-refractivity contribution in [2.24, 2.45) is 0 Å². The molecule has 1 aliphatic rings. The molecule has 2 aromatic rings. The van der Waals surface area contributed by atoms with Crippen LogP contribution in [-0.4, -0.2) is 22.0 Å². The van der Waals surface area contributed by atoms with Gasteiger partial charge in [-0.2, -0.15) is 5.10 Å². The average molecular weight is 267 g/mol. The number of hydrogen-bond acceptors (Lipinski definition) is 3. The van der Waals surface area contributed by atoms with Gasteiger partial charge in [0.15, 0.2) is 0 Å². The fourth-order valence-corrected chi connectivity index (χ4v) is 2.21. The number of H-pyrrole nitrogens is 1. The third kappa shape index (κ3) is 1.75. The molecule has 1 aromatic carbocycles. The number of anilines is 1. The normalized spacial score (nSPS) is 15.4. The molecule has 1 N–H and O–H groups in total. The molecule has 20 heavy (non-hydrogen) atoms. The largest absolute Gasteiger partial charge is 0.278 e. The minimum Gasteiger partial charge on any atom is -0.278 e. The minimum atomic E-state index is -0.255. The maximum absolute atomic E-state index is 12.2. The molecule has 0 fully saturated rings. The van der Waals surface area contributed by atoms with Gasteiger partial charge in [-0.25, -0.2) is 4.90 Å². The van der Waals surface area contributed by atoms with Crippen molar-refractivity contribution in [2.75, 3.05) is 4.90 Å². The number of hydrogen-bond donors (Lipinski definition) is 1. The summed E-state index contributed by atoms with van der Waals surface area (Å²) in [5.41, 5.74) is 3.29. The van der Waals surface area contributed by atoms with Crippen molar-refractivity contribution in [2.45, 2.75) is 13.8 Å². The van der Waals surface area contributed by atoms with E-state index in [2.05, 4.69) is 10.2 Å². The first kappa shape index (κ1) is 12.3. The van der Waals surface area contributed by atoms with Gasteiger partial charge < -0.3 is 0 Å². The molecular formula is C15H13N3O2. The Morgan fingerprint density at radius 2 is 1.75 bits per heavy atom. The standard InChI is InChI=1S/C15H13N3O2/c1-9-10(2)15(20)18(14(9)19)12-5-3-4-11(8-12)13-6-7-16-17-13/h3-8H,1-2H3,(H,16,17). The maximum Gasteiger partial charge on any atom is 0.261 e. The summed E-state index contributed by atoms with van der Waals surface area (Å²) in [6, 6.07) is 9.10. The van der Waals surface area contributed by atoms with Crippen LogP contribution >= 0.6 is 0 Å². The number of nitrogens with one attached hydrogen (secondary N) is 1. The Hall–Kier alpha value is -2.69. The summed E-state index contributed by atoms with van der Waals surface area (Å²) >= 11 is 0. The predicted molar refractivity (Wildman–Crippen MR) is 74.9 cm³/mol. The van der Waals surface area contributed by atoms with Crippen LogP contribution in [0.15, 0.2) is 47.7 Å². The summed E-state index contributed by atoms with van der Waals surface area (Å²) in [4.78, 5) is 25.5. The Kier molecular flexibility index (Phi) is 2.75. The number of carbonyl (C=O) groups is 2. The summed E-state index contributed by atoms with van der Waals surface area (Å²) in [5, 5.41) is 6.76. The first-order valence-corrected chi connectivity index (χ1v) is 6.25. The number of amides is 2. The fourth-order valence-electron chi connectivity index (χ4n) is 2.21. The van der Waals surface area contributed by atoms with Gasteiger partial charge in [-0.15, -0.1) is 0 Å². The number of benzene rings is 1. The van der Waals surface area contributed by atoms with E-state index in [1.54, 1.807) is 32.2 Å². The molecule has 0 saturated carbocycles. The minimum absolute atomic E-state index is 0.255. The second-order valence-electron chi connectivity index (χ2n) is 4.72. The van der Waals surface area contributed by atoms with E-state index in [4.69, 9.17) is 0 Å². The molecule has 3 rings (SSSR count). The van der Waals surface area contributed by atoms with Crippen LogP contribution in [0.3, 0.4) is 0 Å².